The van der Waals surface area contributed by atoms with Gasteiger partial charge in [-0.1, -0.05) is 18.2 Å². The summed E-state index contributed by atoms with van der Waals surface area (Å²) in [6, 6.07) is 12.2. The number of pyridine rings is 1. The lowest BCUT2D eigenvalue weighted by Gasteiger charge is -2.09. The third kappa shape index (κ3) is 3.71. The van der Waals surface area contributed by atoms with Gasteiger partial charge in [0.15, 0.2) is 5.82 Å². The van der Waals surface area contributed by atoms with Crippen LogP contribution in [0.1, 0.15) is 11.3 Å². The molecule has 4 rings (SSSR count). The molecule has 1 aromatic carbocycles. The minimum atomic E-state index is -0.390. The van der Waals surface area contributed by atoms with Crippen LogP contribution in [0.2, 0.25) is 0 Å². The molecule has 2 amide bonds. The Morgan fingerprint density at radius 3 is 2.69 bits per heavy atom. The minimum absolute atomic E-state index is 0.163. The van der Waals surface area contributed by atoms with Crippen LogP contribution in [0.3, 0.4) is 0 Å². The van der Waals surface area contributed by atoms with E-state index in [9.17, 15) is 9.90 Å². The number of hydrogen-bond donors (Lipinski definition) is 4. The van der Waals surface area contributed by atoms with Crippen molar-refractivity contribution >= 4 is 28.9 Å². The summed E-state index contributed by atoms with van der Waals surface area (Å²) in [6.07, 6.45) is 3.08. The number of rotatable bonds is 4. The number of carbonyl (C=O) groups excluding carboxylic acids is 1. The van der Waals surface area contributed by atoms with Crippen molar-refractivity contribution in [2.24, 2.45) is 0 Å². The number of urea groups is 1. The third-order valence-corrected chi connectivity index (χ3v) is 4.41. The van der Waals surface area contributed by atoms with E-state index in [1.54, 1.807) is 28.9 Å². The molecule has 0 bridgehead atoms. The predicted octanol–water partition coefficient (Wildman–Crippen LogP) is 2.82. The first kappa shape index (κ1) is 18.4. The fourth-order valence-electron chi connectivity index (χ4n) is 3.14. The Bertz CT molecular complexity index is 1190. The lowest BCUT2D eigenvalue weighted by molar-refractivity contribution is 0.262. The number of anilines is 3. The number of aliphatic hydroxyl groups is 1. The van der Waals surface area contributed by atoms with Gasteiger partial charge in [-0.05, 0) is 36.8 Å². The quantitative estimate of drug-likeness (QED) is 0.424. The Morgan fingerprint density at radius 2 is 1.97 bits per heavy atom. The van der Waals surface area contributed by atoms with Crippen molar-refractivity contribution in [2.75, 3.05) is 16.4 Å². The standard InChI is InChI=1S/C20H19N7O2/c1-12-3-2-4-16(24-12)26-20(29)25-15-7-5-13(6-8-15)17-14(10-28)9-27-18(17)19(21)22-11-23-27/h2-9,11,28H,10H2,1H3,(H2,21,22,23)(H2,24,25,26,29). The van der Waals surface area contributed by atoms with Crippen LogP contribution in [-0.4, -0.2) is 30.7 Å². The summed E-state index contributed by atoms with van der Waals surface area (Å²) in [6.45, 7) is 1.69. The SMILES string of the molecule is Cc1cccc(NC(=O)Nc2ccc(-c3c(CO)cn4ncnc(N)c34)cc2)n1. The molecule has 0 fully saturated rings. The second-order valence-corrected chi connectivity index (χ2v) is 6.45. The third-order valence-electron chi connectivity index (χ3n) is 4.41. The molecule has 0 aliphatic rings. The molecular weight excluding hydrogens is 370 g/mol. The normalized spacial score (nSPS) is 10.8. The zero-order chi connectivity index (χ0) is 20.4. The highest BCUT2D eigenvalue weighted by Crippen LogP contribution is 2.33. The van der Waals surface area contributed by atoms with Gasteiger partial charge in [-0.25, -0.2) is 19.3 Å². The molecule has 146 valence electrons. The van der Waals surface area contributed by atoms with Crippen LogP contribution in [0, 0.1) is 6.92 Å². The summed E-state index contributed by atoms with van der Waals surface area (Å²) < 4.78 is 1.59. The number of hydrogen-bond acceptors (Lipinski definition) is 6. The van der Waals surface area contributed by atoms with E-state index in [1.165, 1.54) is 6.33 Å². The molecule has 3 aromatic heterocycles. The Hall–Kier alpha value is -3.98. The molecule has 0 saturated carbocycles. The number of fused-ring (bicyclic) bond motifs is 1. The van der Waals surface area contributed by atoms with E-state index in [1.807, 2.05) is 31.2 Å². The first-order valence-electron chi connectivity index (χ1n) is 8.89. The fourth-order valence-corrected chi connectivity index (χ4v) is 3.14. The molecule has 5 N–H and O–H groups in total. The summed E-state index contributed by atoms with van der Waals surface area (Å²) >= 11 is 0. The van der Waals surface area contributed by atoms with E-state index < -0.39 is 0 Å². The molecular formula is C20H19N7O2. The van der Waals surface area contributed by atoms with Gasteiger partial charge in [-0.3, -0.25) is 5.32 Å². The van der Waals surface area contributed by atoms with E-state index in [0.717, 1.165) is 16.8 Å². The van der Waals surface area contributed by atoms with Gasteiger partial charge in [-0.15, -0.1) is 0 Å². The number of aryl methyl sites for hydroxylation is 1. The highest BCUT2D eigenvalue weighted by atomic mass is 16.3. The zero-order valence-electron chi connectivity index (χ0n) is 15.6. The van der Waals surface area contributed by atoms with Crippen molar-refractivity contribution in [1.82, 2.24) is 19.6 Å². The smallest absolute Gasteiger partial charge is 0.324 e. The fraction of sp³-hybridized carbons (Fsp3) is 0.100. The lowest BCUT2D eigenvalue weighted by Crippen LogP contribution is -2.20. The maximum atomic E-state index is 12.2. The molecule has 3 heterocycles. The molecule has 0 radical (unpaired) electrons. The Morgan fingerprint density at radius 1 is 1.17 bits per heavy atom. The Kier molecular flexibility index (Phi) is 4.80. The van der Waals surface area contributed by atoms with Crippen molar-refractivity contribution in [2.45, 2.75) is 13.5 Å². The molecule has 29 heavy (non-hydrogen) atoms. The minimum Gasteiger partial charge on any atom is -0.392 e. The highest BCUT2D eigenvalue weighted by molar-refractivity contribution is 5.99. The monoisotopic (exact) mass is 389 g/mol. The van der Waals surface area contributed by atoms with Crippen LogP contribution in [0.4, 0.5) is 22.1 Å². The van der Waals surface area contributed by atoms with Crippen molar-refractivity contribution in [3.05, 3.63) is 66.2 Å². The number of carbonyl (C=O) groups is 1. The zero-order valence-corrected chi connectivity index (χ0v) is 15.6. The number of nitrogens with two attached hydrogens (primary N) is 1. The van der Waals surface area contributed by atoms with Crippen molar-refractivity contribution in [1.29, 1.82) is 0 Å². The lowest BCUT2D eigenvalue weighted by atomic mass is 10.0. The van der Waals surface area contributed by atoms with Crippen LogP contribution >= 0.6 is 0 Å². The second kappa shape index (κ2) is 7.56. The summed E-state index contributed by atoms with van der Waals surface area (Å²) in [5, 5.41) is 19.3. The average Bonchev–Trinajstić information content (AvgIpc) is 3.08. The molecule has 9 nitrogen and oxygen atoms in total. The van der Waals surface area contributed by atoms with Gasteiger partial charge in [0, 0.05) is 28.7 Å². The van der Waals surface area contributed by atoms with Gasteiger partial charge in [-0.2, -0.15) is 5.10 Å². The van der Waals surface area contributed by atoms with E-state index in [2.05, 4.69) is 25.7 Å². The molecule has 0 atom stereocenters. The topological polar surface area (TPSA) is 130 Å². The Labute approximate surface area is 166 Å². The van der Waals surface area contributed by atoms with Gasteiger partial charge in [0.05, 0.1) is 6.61 Å². The molecule has 0 aliphatic heterocycles. The molecule has 0 spiro atoms. The highest BCUT2D eigenvalue weighted by Gasteiger charge is 2.16. The summed E-state index contributed by atoms with van der Waals surface area (Å²) in [7, 11) is 0. The number of amides is 2. The molecule has 0 unspecified atom stereocenters. The number of nitrogens with zero attached hydrogens (tertiary/aromatic N) is 4. The average molecular weight is 389 g/mol. The van der Waals surface area contributed by atoms with E-state index >= 15 is 0 Å². The maximum Gasteiger partial charge on any atom is 0.324 e. The first-order valence-corrected chi connectivity index (χ1v) is 8.89. The number of nitrogen functional groups attached to an aromatic ring is 1. The summed E-state index contributed by atoms with van der Waals surface area (Å²) in [5.41, 5.74) is 10.3. The molecule has 4 aromatic rings. The van der Waals surface area contributed by atoms with E-state index in [-0.39, 0.29) is 12.6 Å². The van der Waals surface area contributed by atoms with Gasteiger partial charge in [0.1, 0.15) is 17.7 Å². The second-order valence-electron chi connectivity index (χ2n) is 6.45. The van der Waals surface area contributed by atoms with Crippen molar-refractivity contribution < 1.29 is 9.90 Å². The summed E-state index contributed by atoms with van der Waals surface area (Å²) in [4.78, 5) is 20.5. The number of aliphatic hydroxyl groups excluding tert-OH is 1. The number of nitrogens with one attached hydrogen (secondary N) is 2. The number of benzene rings is 1. The van der Waals surface area contributed by atoms with Crippen LogP contribution in [0.15, 0.2) is 55.0 Å². The van der Waals surface area contributed by atoms with Gasteiger partial charge >= 0.3 is 6.03 Å². The van der Waals surface area contributed by atoms with Gasteiger partial charge in [0.2, 0.25) is 0 Å². The summed E-state index contributed by atoms with van der Waals surface area (Å²) in [5.74, 6) is 0.796. The van der Waals surface area contributed by atoms with Crippen molar-refractivity contribution in [3.8, 4) is 11.1 Å². The Balaban J connectivity index is 1.57. The predicted molar refractivity (Wildman–Crippen MR) is 110 cm³/mol. The van der Waals surface area contributed by atoms with Crippen LogP contribution in [0.5, 0.6) is 0 Å². The first-order chi connectivity index (χ1) is 14.0. The maximum absolute atomic E-state index is 12.2. The molecule has 0 saturated heterocycles. The molecule has 0 aliphatic carbocycles. The van der Waals surface area contributed by atoms with Gasteiger partial charge in [0.25, 0.3) is 0 Å². The largest absolute Gasteiger partial charge is 0.392 e. The van der Waals surface area contributed by atoms with E-state index in [0.29, 0.717) is 28.4 Å². The van der Waals surface area contributed by atoms with Gasteiger partial charge < -0.3 is 16.2 Å². The van der Waals surface area contributed by atoms with Crippen LogP contribution < -0.4 is 16.4 Å². The van der Waals surface area contributed by atoms with E-state index in [4.69, 9.17) is 5.73 Å². The molecule has 9 heteroatoms. The van der Waals surface area contributed by atoms with Crippen molar-refractivity contribution in [3.63, 3.8) is 0 Å². The van der Waals surface area contributed by atoms with Crippen LogP contribution in [0.25, 0.3) is 16.6 Å². The van der Waals surface area contributed by atoms with Crippen LogP contribution in [-0.2, 0) is 6.61 Å². The number of aromatic nitrogens is 4.